The zero-order chi connectivity index (χ0) is 13.4. The van der Waals surface area contributed by atoms with Crippen molar-refractivity contribution in [1.29, 1.82) is 0 Å². The average molecular weight is 252 g/mol. The molecule has 1 aromatic rings. The molecule has 0 bridgehead atoms. The Bertz CT molecular complexity index is 375. The Morgan fingerprint density at radius 1 is 1.39 bits per heavy atom. The van der Waals surface area contributed by atoms with Crippen LogP contribution in [0.15, 0.2) is 30.9 Å². The van der Waals surface area contributed by atoms with Gasteiger partial charge in [-0.25, -0.2) is 4.39 Å². The van der Waals surface area contributed by atoms with E-state index in [1.807, 2.05) is 6.08 Å². The minimum Gasteiger partial charge on any atom is -0.493 e. The molecule has 0 spiro atoms. The van der Waals surface area contributed by atoms with Gasteiger partial charge in [0.1, 0.15) is 11.6 Å². The van der Waals surface area contributed by atoms with Crippen molar-refractivity contribution in [3.63, 3.8) is 0 Å². The largest absolute Gasteiger partial charge is 0.493 e. The Labute approximate surface area is 108 Å². The second-order valence-corrected chi connectivity index (χ2v) is 4.34. The summed E-state index contributed by atoms with van der Waals surface area (Å²) in [6.07, 6.45) is 5.35. The van der Waals surface area contributed by atoms with Crippen molar-refractivity contribution in [2.75, 3.05) is 6.61 Å². The second kappa shape index (κ2) is 7.88. The molecule has 0 aromatic heterocycles. The van der Waals surface area contributed by atoms with Crippen molar-refractivity contribution in [1.82, 2.24) is 0 Å². The first-order valence-electron chi connectivity index (χ1n) is 6.36. The minimum absolute atomic E-state index is 0.357. The summed E-state index contributed by atoms with van der Waals surface area (Å²) in [6.45, 7) is 5.86. The molecular formula is C15H21FO2. The van der Waals surface area contributed by atoms with Gasteiger partial charge in [-0.05, 0) is 50.8 Å². The molecule has 0 heterocycles. The van der Waals surface area contributed by atoms with Gasteiger partial charge in [0, 0.05) is 5.56 Å². The highest BCUT2D eigenvalue weighted by Crippen LogP contribution is 2.26. The number of unbranched alkanes of at least 4 members (excludes halogenated alkanes) is 3. The molecule has 0 fully saturated rings. The summed E-state index contributed by atoms with van der Waals surface area (Å²) >= 11 is 0. The molecule has 0 aliphatic rings. The number of allylic oxidation sites excluding steroid dienone is 1. The van der Waals surface area contributed by atoms with E-state index in [9.17, 15) is 9.50 Å². The maximum Gasteiger partial charge on any atom is 0.125 e. The van der Waals surface area contributed by atoms with Crippen molar-refractivity contribution < 1.29 is 14.2 Å². The molecule has 0 radical (unpaired) electrons. The first-order valence-corrected chi connectivity index (χ1v) is 6.36. The number of ether oxygens (including phenoxy) is 1. The van der Waals surface area contributed by atoms with E-state index in [1.54, 1.807) is 13.0 Å². The fraction of sp³-hybridized carbons (Fsp3) is 0.467. The van der Waals surface area contributed by atoms with E-state index in [-0.39, 0.29) is 5.82 Å². The average Bonchev–Trinajstić information content (AvgIpc) is 2.35. The van der Waals surface area contributed by atoms with Gasteiger partial charge < -0.3 is 9.84 Å². The number of hydrogen-bond acceptors (Lipinski definition) is 2. The highest BCUT2D eigenvalue weighted by molar-refractivity contribution is 5.35. The van der Waals surface area contributed by atoms with E-state index < -0.39 is 6.10 Å². The highest BCUT2D eigenvalue weighted by atomic mass is 19.1. The van der Waals surface area contributed by atoms with Gasteiger partial charge in [0.15, 0.2) is 0 Å². The molecule has 0 unspecified atom stereocenters. The van der Waals surface area contributed by atoms with E-state index in [2.05, 4.69) is 6.58 Å². The molecule has 100 valence electrons. The summed E-state index contributed by atoms with van der Waals surface area (Å²) in [6, 6.07) is 4.23. The van der Waals surface area contributed by atoms with Gasteiger partial charge >= 0.3 is 0 Å². The topological polar surface area (TPSA) is 29.5 Å². The summed E-state index contributed by atoms with van der Waals surface area (Å²) in [5.41, 5.74) is 0.501. The summed E-state index contributed by atoms with van der Waals surface area (Å²) in [5, 5.41) is 9.54. The van der Waals surface area contributed by atoms with Gasteiger partial charge in [-0.3, -0.25) is 0 Å². The Hall–Kier alpha value is -1.35. The number of aliphatic hydroxyl groups is 1. The van der Waals surface area contributed by atoms with Gasteiger partial charge in [-0.15, -0.1) is 6.58 Å². The summed E-state index contributed by atoms with van der Waals surface area (Å²) in [4.78, 5) is 0. The lowest BCUT2D eigenvalue weighted by atomic mass is 10.1. The smallest absolute Gasteiger partial charge is 0.125 e. The monoisotopic (exact) mass is 252 g/mol. The number of benzene rings is 1. The lowest BCUT2D eigenvalue weighted by Crippen LogP contribution is -2.03. The highest BCUT2D eigenvalue weighted by Gasteiger charge is 2.10. The first kappa shape index (κ1) is 14.7. The van der Waals surface area contributed by atoms with Crippen LogP contribution in [0.3, 0.4) is 0 Å². The lowest BCUT2D eigenvalue weighted by molar-refractivity contribution is 0.190. The predicted molar refractivity (Wildman–Crippen MR) is 71.2 cm³/mol. The Balaban J connectivity index is 2.44. The van der Waals surface area contributed by atoms with Crippen LogP contribution < -0.4 is 4.74 Å². The fourth-order valence-corrected chi connectivity index (χ4v) is 1.73. The van der Waals surface area contributed by atoms with Crippen molar-refractivity contribution in [3.05, 3.63) is 42.2 Å². The number of hydrogen-bond donors (Lipinski definition) is 1. The van der Waals surface area contributed by atoms with Gasteiger partial charge in [0.05, 0.1) is 12.7 Å². The van der Waals surface area contributed by atoms with E-state index >= 15 is 0 Å². The van der Waals surface area contributed by atoms with Crippen LogP contribution in [0.1, 0.15) is 44.3 Å². The van der Waals surface area contributed by atoms with Crippen molar-refractivity contribution in [3.8, 4) is 5.75 Å². The zero-order valence-corrected chi connectivity index (χ0v) is 10.9. The summed E-state index contributed by atoms with van der Waals surface area (Å²) < 4.78 is 18.6. The molecule has 1 atom stereocenters. The lowest BCUT2D eigenvalue weighted by Gasteiger charge is -2.13. The molecule has 2 nitrogen and oxygen atoms in total. The van der Waals surface area contributed by atoms with Crippen LogP contribution in [-0.2, 0) is 0 Å². The van der Waals surface area contributed by atoms with Crippen LogP contribution >= 0.6 is 0 Å². The van der Waals surface area contributed by atoms with Gasteiger partial charge in [-0.2, -0.15) is 0 Å². The molecule has 0 aliphatic heterocycles. The van der Waals surface area contributed by atoms with E-state index in [0.717, 1.165) is 25.7 Å². The fourth-order valence-electron chi connectivity index (χ4n) is 1.73. The molecule has 0 aliphatic carbocycles. The molecule has 18 heavy (non-hydrogen) atoms. The number of rotatable bonds is 8. The maximum atomic E-state index is 13.1. The summed E-state index contributed by atoms with van der Waals surface area (Å²) in [7, 11) is 0. The van der Waals surface area contributed by atoms with Gasteiger partial charge in [-0.1, -0.05) is 6.08 Å². The standard InChI is InChI=1S/C15H21FO2/c1-3-4-5-6-7-10-18-15-9-8-13(16)11-14(15)12(2)17/h3,8-9,11-12,17H,1,4-7,10H2,2H3/t12-/m0/s1. The van der Waals surface area contributed by atoms with E-state index in [0.29, 0.717) is 17.9 Å². The molecule has 3 heteroatoms. The van der Waals surface area contributed by atoms with Crippen LogP contribution in [0.4, 0.5) is 4.39 Å². The SMILES string of the molecule is C=CCCCCCOc1ccc(F)cc1[C@H](C)O. The first-order chi connectivity index (χ1) is 8.65. The van der Waals surface area contributed by atoms with Crippen LogP contribution in [0.2, 0.25) is 0 Å². The third-order valence-electron chi connectivity index (χ3n) is 2.73. The molecule has 0 saturated heterocycles. The third kappa shape index (κ3) is 4.88. The normalized spacial score (nSPS) is 12.2. The maximum absolute atomic E-state index is 13.1. The van der Waals surface area contributed by atoms with Crippen molar-refractivity contribution >= 4 is 0 Å². The van der Waals surface area contributed by atoms with Crippen molar-refractivity contribution in [2.24, 2.45) is 0 Å². The molecule has 1 aromatic carbocycles. The third-order valence-corrected chi connectivity index (χ3v) is 2.73. The molecule has 1 N–H and O–H groups in total. The molecule has 0 amide bonds. The number of aliphatic hydroxyl groups excluding tert-OH is 1. The quantitative estimate of drug-likeness (QED) is 0.559. The van der Waals surface area contributed by atoms with Crippen molar-refractivity contribution in [2.45, 2.75) is 38.7 Å². The minimum atomic E-state index is -0.725. The molecular weight excluding hydrogens is 231 g/mol. The van der Waals surface area contributed by atoms with Crippen LogP contribution in [0.25, 0.3) is 0 Å². The Kier molecular flexibility index (Phi) is 6.44. The Morgan fingerprint density at radius 3 is 2.83 bits per heavy atom. The predicted octanol–water partition coefficient (Wildman–Crippen LogP) is 4.00. The molecule has 0 saturated carbocycles. The zero-order valence-electron chi connectivity index (χ0n) is 10.9. The van der Waals surface area contributed by atoms with Crippen LogP contribution in [-0.4, -0.2) is 11.7 Å². The summed E-state index contributed by atoms with van der Waals surface area (Å²) in [5.74, 6) is 0.208. The van der Waals surface area contributed by atoms with Gasteiger partial charge in [0.2, 0.25) is 0 Å². The molecule has 1 rings (SSSR count). The second-order valence-electron chi connectivity index (χ2n) is 4.34. The number of halogens is 1. The van der Waals surface area contributed by atoms with Crippen LogP contribution in [0.5, 0.6) is 5.75 Å². The van der Waals surface area contributed by atoms with Crippen LogP contribution in [0, 0.1) is 5.82 Å². The van der Waals surface area contributed by atoms with Gasteiger partial charge in [0.25, 0.3) is 0 Å². The Morgan fingerprint density at radius 2 is 2.17 bits per heavy atom. The van der Waals surface area contributed by atoms with E-state index in [1.165, 1.54) is 12.1 Å². The van der Waals surface area contributed by atoms with E-state index in [4.69, 9.17) is 4.74 Å².